The number of hydrogen-bond donors (Lipinski definition) is 0. The number of likely N-dealkylation sites (N-methyl/N-ethyl adjacent to an activating group) is 1. The Kier molecular flexibility index (Phi) is 5.41. The largest absolute Gasteiger partial charge is 0.374 e. The number of carbonyl (C=O) groups is 1. The van der Waals surface area contributed by atoms with Crippen molar-refractivity contribution in [3.63, 3.8) is 0 Å². The van der Waals surface area contributed by atoms with Crippen LogP contribution in [0.1, 0.15) is 35.3 Å². The fourth-order valence-electron chi connectivity index (χ4n) is 3.01. The summed E-state index contributed by atoms with van der Waals surface area (Å²) in [5, 5.41) is 0. The zero-order valence-electron chi connectivity index (χ0n) is 14.2. The van der Waals surface area contributed by atoms with Gasteiger partial charge in [-0.25, -0.2) is 0 Å². The average Bonchev–Trinajstić information content (AvgIpc) is 2.67. The Hall–Kier alpha value is -2.43. The number of rotatable bonds is 5. The van der Waals surface area contributed by atoms with E-state index < -0.39 is 0 Å². The van der Waals surface area contributed by atoms with Gasteiger partial charge in [-0.05, 0) is 55.5 Å². The number of carbonyl (C=O) groups excluding carboxylic acids is 1. The first-order valence-electron chi connectivity index (χ1n) is 8.59. The van der Waals surface area contributed by atoms with Crippen LogP contribution in [-0.2, 0) is 6.42 Å². The highest BCUT2D eigenvalue weighted by Gasteiger charge is 2.19. The van der Waals surface area contributed by atoms with Crippen molar-refractivity contribution < 1.29 is 4.79 Å². The highest BCUT2D eigenvalue weighted by molar-refractivity contribution is 5.93. The molecular formula is C19H24N4O. The second kappa shape index (κ2) is 7.90. The first-order chi connectivity index (χ1) is 11.7. The summed E-state index contributed by atoms with van der Waals surface area (Å²) in [6, 6.07) is 7.93. The summed E-state index contributed by atoms with van der Waals surface area (Å²) in [5.74, 6) is 0.0547. The van der Waals surface area contributed by atoms with Gasteiger partial charge in [0.2, 0.25) is 0 Å². The van der Waals surface area contributed by atoms with Gasteiger partial charge in [0.05, 0.1) is 0 Å². The molecule has 0 aliphatic carbocycles. The van der Waals surface area contributed by atoms with Crippen LogP contribution in [0.2, 0.25) is 0 Å². The molecule has 3 rings (SSSR count). The molecule has 0 N–H and O–H groups in total. The van der Waals surface area contributed by atoms with E-state index in [1.807, 2.05) is 48.6 Å². The molecule has 0 spiro atoms. The minimum atomic E-state index is 0.0547. The van der Waals surface area contributed by atoms with Gasteiger partial charge in [0.1, 0.15) is 5.69 Å². The number of anilines is 1. The molecular weight excluding hydrogens is 300 g/mol. The number of pyridine rings is 2. The molecule has 1 aliphatic rings. The highest BCUT2D eigenvalue weighted by Crippen LogP contribution is 2.17. The molecule has 0 bridgehead atoms. The van der Waals surface area contributed by atoms with E-state index in [9.17, 15) is 4.79 Å². The molecule has 5 nitrogen and oxygen atoms in total. The van der Waals surface area contributed by atoms with Crippen LogP contribution in [-0.4, -0.2) is 47.5 Å². The number of hydrogen-bond acceptors (Lipinski definition) is 4. The van der Waals surface area contributed by atoms with Crippen LogP contribution < -0.4 is 4.90 Å². The summed E-state index contributed by atoms with van der Waals surface area (Å²) in [6.07, 6.45) is 9.71. The van der Waals surface area contributed by atoms with Gasteiger partial charge in [-0.3, -0.25) is 14.8 Å². The Balaban J connectivity index is 1.64. The molecule has 126 valence electrons. The quantitative estimate of drug-likeness (QED) is 0.848. The van der Waals surface area contributed by atoms with E-state index in [2.05, 4.69) is 14.9 Å². The monoisotopic (exact) mass is 324 g/mol. The Bertz CT molecular complexity index is 668. The van der Waals surface area contributed by atoms with Crippen molar-refractivity contribution >= 4 is 11.6 Å². The zero-order valence-corrected chi connectivity index (χ0v) is 14.2. The molecule has 2 aromatic rings. The van der Waals surface area contributed by atoms with Gasteiger partial charge in [-0.2, -0.15) is 0 Å². The van der Waals surface area contributed by atoms with E-state index in [-0.39, 0.29) is 5.91 Å². The van der Waals surface area contributed by atoms with Gasteiger partial charge in [0.25, 0.3) is 5.91 Å². The van der Waals surface area contributed by atoms with Gasteiger partial charge >= 0.3 is 0 Å². The van der Waals surface area contributed by atoms with E-state index in [0.717, 1.165) is 44.6 Å². The molecule has 0 aromatic carbocycles. The second-order valence-electron chi connectivity index (χ2n) is 6.28. The number of nitrogens with zero attached hydrogens (tertiary/aromatic N) is 4. The Labute approximate surface area is 143 Å². The summed E-state index contributed by atoms with van der Waals surface area (Å²) in [6.45, 7) is 2.58. The smallest absolute Gasteiger partial charge is 0.272 e. The first-order valence-corrected chi connectivity index (χ1v) is 8.59. The molecule has 0 unspecified atom stereocenters. The fraction of sp³-hybridized carbons (Fsp3) is 0.421. The van der Waals surface area contributed by atoms with E-state index in [0.29, 0.717) is 5.69 Å². The molecule has 24 heavy (non-hydrogen) atoms. The molecule has 1 saturated heterocycles. The lowest BCUT2D eigenvalue weighted by Crippen LogP contribution is -2.36. The van der Waals surface area contributed by atoms with Crippen molar-refractivity contribution in [1.82, 2.24) is 14.9 Å². The minimum Gasteiger partial charge on any atom is -0.374 e. The van der Waals surface area contributed by atoms with E-state index in [1.54, 1.807) is 6.20 Å². The van der Waals surface area contributed by atoms with Crippen molar-refractivity contribution in [3.8, 4) is 0 Å². The normalized spacial score (nSPS) is 14.5. The third kappa shape index (κ3) is 4.10. The van der Waals surface area contributed by atoms with Crippen LogP contribution >= 0.6 is 0 Å². The summed E-state index contributed by atoms with van der Waals surface area (Å²) in [4.78, 5) is 25.0. The highest BCUT2D eigenvalue weighted by atomic mass is 16.2. The summed E-state index contributed by atoms with van der Waals surface area (Å²) >= 11 is 0. The molecule has 2 aromatic heterocycles. The van der Waals surface area contributed by atoms with Crippen molar-refractivity contribution in [3.05, 3.63) is 54.1 Å². The molecule has 3 heterocycles. The van der Waals surface area contributed by atoms with Gasteiger partial charge in [-0.15, -0.1) is 0 Å². The van der Waals surface area contributed by atoms with Gasteiger partial charge in [0.15, 0.2) is 0 Å². The van der Waals surface area contributed by atoms with E-state index >= 15 is 0 Å². The fourth-order valence-corrected chi connectivity index (χ4v) is 3.01. The van der Waals surface area contributed by atoms with Crippen LogP contribution in [0.4, 0.5) is 5.69 Å². The summed E-state index contributed by atoms with van der Waals surface area (Å²) in [5.41, 5.74) is 2.83. The minimum absolute atomic E-state index is 0.0547. The molecule has 0 atom stereocenters. The predicted octanol–water partition coefficient (Wildman–Crippen LogP) is 2.78. The number of likely N-dealkylation sites (tertiary alicyclic amines) is 1. The van der Waals surface area contributed by atoms with Crippen LogP contribution in [0.15, 0.2) is 42.9 Å². The maximum absolute atomic E-state index is 12.6. The second-order valence-corrected chi connectivity index (χ2v) is 6.28. The van der Waals surface area contributed by atoms with Crippen molar-refractivity contribution in [2.75, 3.05) is 31.6 Å². The summed E-state index contributed by atoms with van der Waals surface area (Å²) in [7, 11) is 2.05. The van der Waals surface area contributed by atoms with Crippen LogP contribution in [0.25, 0.3) is 0 Å². The third-order valence-corrected chi connectivity index (χ3v) is 4.53. The zero-order chi connectivity index (χ0) is 16.8. The topological polar surface area (TPSA) is 49.3 Å². The predicted molar refractivity (Wildman–Crippen MR) is 95.2 cm³/mol. The van der Waals surface area contributed by atoms with Crippen LogP contribution in [0.5, 0.6) is 0 Å². The molecule has 5 heteroatoms. The third-order valence-electron chi connectivity index (χ3n) is 4.53. The maximum Gasteiger partial charge on any atom is 0.272 e. The Morgan fingerprint density at radius 1 is 1.12 bits per heavy atom. The van der Waals surface area contributed by atoms with Crippen molar-refractivity contribution in [2.45, 2.75) is 25.7 Å². The van der Waals surface area contributed by atoms with Crippen LogP contribution in [0, 0.1) is 0 Å². The molecule has 0 radical (unpaired) electrons. The molecule has 1 aliphatic heterocycles. The lowest BCUT2D eigenvalue weighted by atomic mass is 10.1. The lowest BCUT2D eigenvalue weighted by molar-refractivity contribution is 0.0718. The molecule has 1 fully saturated rings. The summed E-state index contributed by atoms with van der Waals surface area (Å²) < 4.78 is 0. The van der Waals surface area contributed by atoms with Gasteiger partial charge in [-0.1, -0.05) is 0 Å². The lowest BCUT2D eigenvalue weighted by Gasteiger charge is -2.27. The number of aromatic nitrogens is 2. The van der Waals surface area contributed by atoms with Crippen molar-refractivity contribution in [2.24, 2.45) is 0 Å². The number of amides is 1. The first kappa shape index (κ1) is 16.4. The maximum atomic E-state index is 12.6. The molecule has 1 amide bonds. The molecule has 0 saturated carbocycles. The van der Waals surface area contributed by atoms with Crippen molar-refractivity contribution in [1.29, 1.82) is 0 Å². The SMILES string of the molecule is CN(CCc1ccncc1)c1ccnc(C(=O)N2CCCCC2)c1. The van der Waals surface area contributed by atoms with E-state index in [4.69, 9.17) is 0 Å². The Morgan fingerprint density at radius 3 is 2.62 bits per heavy atom. The standard InChI is InChI=1S/C19H24N4O/c1-22(14-8-16-5-9-20-10-6-16)17-7-11-21-18(15-17)19(24)23-12-3-2-4-13-23/h5-7,9-11,15H,2-4,8,12-14H2,1H3. The van der Waals surface area contributed by atoms with Gasteiger partial charge < -0.3 is 9.80 Å². The van der Waals surface area contributed by atoms with E-state index in [1.165, 1.54) is 12.0 Å². The number of piperidine rings is 1. The Morgan fingerprint density at radius 2 is 1.88 bits per heavy atom. The van der Waals surface area contributed by atoms with Gasteiger partial charge in [0, 0.05) is 51.0 Å². The van der Waals surface area contributed by atoms with Crippen LogP contribution in [0.3, 0.4) is 0 Å². The average molecular weight is 324 g/mol.